The molecule has 1 fully saturated rings. The Labute approximate surface area is 139 Å². The first-order valence-electron chi connectivity index (χ1n) is 8.09. The number of thiazole rings is 1. The van der Waals surface area contributed by atoms with Gasteiger partial charge >= 0.3 is 0 Å². The first-order chi connectivity index (χ1) is 11.3. The van der Waals surface area contributed by atoms with E-state index in [2.05, 4.69) is 22.0 Å². The topological polar surface area (TPSA) is 49.5 Å². The van der Waals surface area contributed by atoms with Crippen molar-refractivity contribution < 1.29 is 9.52 Å². The summed E-state index contributed by atoms with van der Waals surface area (Å²) >= 11 is 1.67. The zero-order chi connectivity index (χ0) is 15.6. The quantitative estimate of drug-likeness (QED) is 0.792. The first kappa shape index (κ1) is 14.9. The van der Waals surface area contributed by atoms with E-state index in [1.165, 1.54) is 4.70 Å². The molecule has 4 nitrogen and oxygen atoms in total. The summed E-state index contributed by atoms with van der Waals surface area (Å²) in [6.07, 6.45) is 2.14. The highest BCUT2D eigenvalue weighted by Gasteiger charge is 2.19. The molecule has 0 amide bonds. The lowest BCUT2D eigenvalue weighted by atomic mass is 9.98. The van der Waals surface area contributed by atoms with Gasteiger partial charge < -0.3 is 9.52 Å². The molecule has 1 saturated heterocycles. The van der Waals surface area contributed by atoms with Crippen molar-refractivity contribution in [2.24, 2.45) is 5.92 Å². The number of aromatic nitrogens is 1. The summed E-state index contributed by atoms with van der Waals surface area (Å²) in [5.41, 5.74) is 1.02. The molecule has 0 atom stereocenters. The number of likely N-dealkylation sites (tertiary alicyclic amines) is 1. The van der Waals surface area contributed by atoms with Gasteiger partial charge in [0.1, 0.15) is 5.76 Å². The van der Waals surface area contributed by atoms with Gasteiger partial charge in [-0.2, -0.15) is 0 Å². The largest absolute Gasteiger partial charge is 0.457 e. The second-order valence-electron chi connectivity index (χ2n) is 6.15. The van der Waals surface area contributed by atoms with Crippen molar-refractivity contribution in [3.05, 3.63) is 42.2 Å². The number of hydrogen-bond acceptors (Lipinski definition) is 5. The smallest absolute Gasteiger partial charge is 0.163 e. The fraction of sp³-hybridized carbons (Fsp3) is 0.389. The van der Waals surface area contributed by atoms with Crippen molar-refractivity contribution in [1.29, 1.82) is 0 Å². The molecule has 0 unspecified atom stereocenters. The fourth-order valence-corrected chi connectivity index (χ4v) is 4.03. The summed E-state index contributed by atoms with van der Waals surface area (Å²) in [6.45, 7) is 3.21. The molecule has 0 aliphatic carbocycles. The zero-order valence-corrected chi connectivity index (χ0v) is 13.8. The second-order valence-corrected chi connectivity index (χ2v) is 7.19. The molecule has 2 aromatic heterocycles. The Bertz CT molecular complexity index is 754. The van der Waals surface area contributed by atoms with Gasteiger partial charge in [-0.15, -0.1) is 11.3 Å². The molecule has 3 heterocycles. The number of rotatable bonds is 4. The number of nitrogens with zero attached hydrogens (tertiary/aromatic N) is 2. The maximum absolute atomic E-state index is 9.21. The van der Waals surface area contributed by atoms with Crippen molar-refractivity contribution >= 4 is 21.6 Å². The van der Waals surface area contributed by atoms with Gasteiger partial charge in [0.25, 0.3) is 0 Å². The number of piperidine rings is 1. The Morgan fingerprint density at radius 1 is 1.17 bits per heavy atom. The third-order valence-electron chi connectivity index (χ3n) is 4.51. The maximum atomic E-state index is 9.21. The molecule has 1 aromatic carbocycles. The number of benzene rings is 1. The summed E-state index contributed by atoms with van der Waals surface area (Å²) in [5.74, 6) is 2.31. The van der Waals surface area contributed by atoms with Gasteiger partial charge in [-0.05, 0) is 56.1 Å². The maximum Gasteiger partial charge on any atom is 0.163 e. The highest BCUT2D eigenvalue weighted by atomic mass is 32.1. The van der Waals surface area contributed by atoms with Gasteiger partial charge in [0, 0.05) is 6.61 Å². The van der Waals surface area contributed by atoms with Crippen LogP contribution in [0.4, 0.5) is 0 Å². The molecule has 0 saturated carbocycles. The van der Waals surface area contributed by atoms with E-state index in [0.29, 0.717) is 12.5 Å². The lowest BCUT2D eigenvalue weighted by molar-refractivity contribution is 0.122. The molecule has 0 radical (unpaired) electrons. The van der Waals surface area contributed by atoms with Crippen LogP contribution in [0.1, 0.15) is 18.6 Å². The molecule has 23 heavy (non-hydrogen) atoms. The fourth-order valence-electron chi connectivity index (χ4n) is 3.10. The molecular formula is C18H20N2O2S. The number of hydrogen-bond donors (Lipinski definition) is 1. The number of aliphatic hydroxyl groups is 1. The van der Waals surface area contributed by atoms with Gasteiger partial charge in [-0.3, -0.25) is 4.90 Å². The third-order valence-corrected chi connectivity index (χ3v) is 5.56. The van der Waals surface area contributed by atoms with Crippen LogP contribution in [0.3, 0.4) is 0 Å². The van der Waals surface area contributed by atoms with Gasteiger partial charge in [-0.1, -0.05) is 12.1 Å². The SMILES string of the molecule is OCC1CCN(Cc2ccc(-c3nc4ccccc4s3)o2)CC1. The van der Waals surface area contributed by atoms with Crippen molar-refractivity contribution in [3.8, 4) is 10.8 Å². The molecule has 0 spiro atoms. The van der Waals surface area contributed by atoms with Gasteiger partial charge in [0.05, 0.1) is 16.8 Å². The summed E-state index contributed by atoms with van der Waals surface area (Å²) in [6, 6.07) is 12.2. The molecule has 3 aromatic rings. The lowest BCUT2D eigenvalue weighted by Gasteiger charge is -2.30. The van der Waals surface area contributed by atoms with Crippen molar-refractivity contribution in [1.82, 2.24) is 9.88 Å². The summed E-state index contributed by atoms with van der Waals surface area (Å²) < 4.78 is 7.20. The summed E-state index contributed by atoms with van der Waals surface area (Å²) in [4.78, 5) is 7.04. The van der Waals surface area contributed by atoms with E-state index in [-0.39, 0.29) is 0 Å². The van der Waals surface area contributed by atoms with Crippen LogP contribution in [-0.4, -0.2) is 34.7 Å². The van der Waals surface area contributed by atoms with Crippen LogP contribution >= 0.6 is 11.3 Å². The van der Waals surface area contributed by atoms with Crippen LogP contribution < -0.4 is 0 Å². The van der Waals surface area contributed by atoms with Crippen LogP contribution in [0, 0.1) is 5.92 Å². The molecule has 4 rings (SSSR count). The lowest BCUT2D eigenvalue weighted by Crippen LogP contribution is -2.34. The molecule has 1 aliphatic rings. The van der Waals surface area contributed by atoms with Gasteiger partial charge in [0.2, 0.25) is 0 Å². The first-order valence-corrected chi connectivity index (χ1v) is 8.91. The van der Waals surface area contributed by atoms with Crippen LogP contribution in [0.15, 0.2) is 40.8 Å². The molecule has 1 N–H and O–H groups in total. The van der Waals surface area contributed by atoms with E-state index in [9.17, 15) is 5.11 Å². The molecule has 5 heteroatoms. The third kappa shape index (κ3) is 3.17. The molecule has 0 bridgehead atoms. The predicted molar refractivity (Wildman–Crippen MR) is 92.4 cm³/mol. The van der Waals surface area contributed by atoms with Crippen molar-refractivity contribution in [2.75, 3.05) is 19.7 Å². The van der Waals surface area contributed by atoms with Crippen LogP contribution in [0.2, 0.25) is 0 Å². The predicted octanol–water partition coefficient (Wildman–Crippen LogP) is 3.76. The summed E-state index contributed by atoms with van der Waals surface area (Å²) in [7, 11) is 0. The highest BCUT2D eigenvalue weighted by Crippen LogP contribution is 2.31. The minimum atomic E-state index is 0.316. The Morgan fingerprint density at radius 3 is 2.78 bits per heavy atom. The summed E-state index contributed by atoms with van der Waals surface area (Å²) in [5, 5.41) is 10.2. The zero-order valence-electron chi connectivity index (χ0n) is 12.9. The van der Waals surface area contributed by atoms with E-state index in [0.717, 1.165) is 54.5 Å². The van der Waals surface area contributed by atoms with E-state index in [1.807, 2.05) is 24.3 Å². The van der Waals surface area contributed by atoms with E-state index in [1.54, 1.807) is 11.3 Å². The van der Waals surface area contributed by atoms with E-state index >= 15 is 0 Å². The minimum absolute atomic E-state index is 0.316. The highest BCUT2D eigenvalue weighted by molar-refractivity contribution is 7.21. The number of para-hydroxylation sites is 1. The Balaban J connectivity index is 1.46. The number of furan rings is 1. The molecule has 120 valence electrons. The van der Waals surface area contributed by atoms with Gasteiger partial charge in [-0.25, -0.2) is 4.98 Å². The number of fused-ring (bicyclic) bond motifs is 1. The normalized spacial score (nSPS) is 17.1. The monoisotopic (exact) mass is 328 g/mol. The molecule has 1 aliphatic heterocycles. The Morgan fingerprint density at radius 2 is 2.00 bits per heavy atom. The van der Waals surface area contributed by atoms with E-state index < -0.39 is 0 Å². The van der Waals surface area contributed by atoms with Crippen LogP contribution in [0.5, 0.6) is 0 Å². The second kappa shape index (κ2) is 6.43. The van der Waals surface area contributed by atoms with Crippen LogP contribution in [0.25, 0.3) is 21.0 Å². The standard InChI is InChI=1S/C18H20N2O2S/c21-12-13-7-9-20(10-8-13)11-14-5-6-16(22-14)18-19-15-3-1-2-4-17(15)23-18/h1-6,13,21H,7-12H2. The van der Waals surface area contributed by atoms with Crippen LogP contribution in [-0.2, 0) is 6.54 Å². The Kier molecular flexibility index (Phi) is 4.16. The van der Waals surface area contributed by atoms with Gasteiger partial charge in [0.15, 0.2) is 10.8 Å². The van der Waals surface area contributed by atoms with E-state index in [4.69, 9.17) is 4.42 Å². The van der Waals surface area contributed by atoms with Crippen molar-refractivity contribution in [3.63, 3.8) is 0 Å². The average molecular weight is 328 g/mol. The Hall–Kier alpha value is -1.69. The molecular weight excluding hydrogens is 308 g/mol. The van der Waals surface area contributed by atoms with Crippen molar-refractivity contribution in [2.45, 2.75) is 19.4 Å². The average Bonchev–Trinajstić information content (AvgIpc) is 3.21. The number of aliphatic hydroxyl groups excluding tert-OH is 1. The minimum Gasteiger partial charge on any atom is -0.457 e.